The number of carbonyl (C=O) groups is 1. The van der Waals surface area contributed by atoms with E-state index in [1.807, 2.05) is 6.07 Å². The maximum absolute atomic E-state index is 16.3. The molecular formula is C34H35ClF2N2O7. The number of nitriles is 1. The predicted molar refractivity (Wildman–Crippen MR) is 165 cm³/mol. The zero-order chi connectivity index (χ0) is 33.1. The first-order valence-corrected chi connectivity index (χ1v) is 15.3. The van der Waals surface area contributed by atoms with Crippen molar-refractivity contribution >= 4 is 17.7 Å². The minimum Gasteiger partial charge on any atom is -0.488 e. The third-order valence-corrected chi connectivity index (χ3v) is 8.01. The fourth-order valence-corrected chi connectivity index (χ4v) is 5.82. The summed E-state index contributed by atoms with van der Waals surface area (Å²) in [5, 5.41) is 24.1. The normalized spacial score (nSPS) is 20.7. The van der Waals surface area contributed by atoms with E-state index in [1.54, 1.807) is 51.1 Å². The van der Waals surface area contributed by atoms with Crippen molar-refractivity contribution in [1.29, 1.82) is 5.26 Å². The molecule has 3 unspecified atom stereocenters. The first kappa shape index (κ1) is 33.4. The Kier molecular flexibility index (Phi) is 10.0. The van der Waals surface area contributed by atoms with Crippen molar-refractivity contribution in [2.45, 2.75) is 63.6 Å². The summed E-state index contributed by atoms with van der Waals surface area (Å²) in [7, 11) is 0. The fraction of sp³-hybridized carbons (Fsp3) is 0.412. The van der Waals surface area contributed by atoms with Gasteiger partial charge in [0.2, 0.25) is 0 Å². The molecule has 12 heteroatoms. The van der Waals surface area contributed by atoms with Crippen molar-refractivity contribution in [3.63, 3.8) is 0 Å². The molecule has 3 aromatic carbocycles. The number of hydrogen-bond donors (Lipinski definition) is 2. The fourth-order valence-electron chi connectivity index (χ4n) is 5.57. The minimum atomic E-state index is -1.71. The Morgan fingerprint density at radius 3 is 2.59 bits per heavy atom. The van der Waals surface area contributed by atoms with Crippen molar-refractivity contribution in [3.8, 4) is 28.7 Å². The molecule has 2 aliphatic heterocycles. The number of carbonyl (C=O) groups excluding carboxylic acids is 1. The Labute approximate surface area is 270 Å². The van der Waals surface area contributed by atoms with E-state index in [2.05, 4.69) is 5.32 Å². The summed E-state index contributed by atoms with van der Waals surface area (Å²) in [6.07, 6.45) is -0.0536. The van der Waals surface area contributed by atoms with Crippen LogP contribution in [0.15, 0.2) is 48.5 Å². The smallest absolute Gasteiger partial charge is 0.407 e. The van der Waals surface area contributed by atoms with Gasteiger partial charge in [-0.05, 0) is 52.2 Å². The highest BCUT2D eigenvalue weighted by Gasteiger charge is 2.52. The highest BCUT2D eigenvalue weighted by molar-refractivity contribution is 6.34. The molecule has 0 saturated carbocycles. The van der Waals surface area contributed by atoms with Gasteiger partial charge in [-0.1, -0.05) is 41.9 Å². The maximum atomic E-state index is 16.3. The first-order valence-electron chi connectivity index (χ1n) is 15.0. The molecule has 2 aliphatic rings. The molecule has 1 saturated heterocycles. The van der Waals surface area contributed by atoms with Crippen molar-refractivity contribution in [2.75, 3.05) is 26.4 Å². The van der Waals surface area contributed by atoms with E-state index in [9.17, 15) is 15.2 Å². The van der Waals surface area contributed by atoms with Crippen molar-refractivity contribution in [2.24, 2.45) is 0 Å². The number of alkyl carbamates (subject to hydrolysis) is 1. The molecule has 3 aromatic rings. The highest BCUT2D eigenvalue weighted by atomic mass is 35.5. The van der Waals surface area contributed by atoms with Gasteiger partial charge in [0.05, 0.1) is 29.8 Å². The van der Waals surface area contributed by atoms with Crippen LogP contribution in [0.2, 0.25) is 5.02 Å². The number of amides is 1. The van der Waals surface area contributed by atoms with Crippen molar-refractivity contribution in [3.05, 3.63) is 81.9 Å². The molecule has 0 aromatic heterocycles. The molecular weight excluding hydrogens is 622 g/mol. The number of aliphatic hydroxyl groups is 1. The SMILES string of the molecule is CC(C)(C)OC(=O)NCC1(c2ccccc2)Oc2cc(F)c(Cl)c(-c3c(C#N)ccc(OCCOC4CCCCO4)c3F)c2C1O. The van der Waals surface area contributed by atoms with E-state index in [1.165, 1.54) is 12.1 Å². The third-order valence-electron chi connectivity index (χ3n) is 7.65. The van der Waals surface area contributed by atoms with Crippen LogP contribution >= 0.6 is 11.6 Å². The molecule has 5 rings (SSSR count). The van der Waals surface area contributed by atoms with E-state index < -0.39 is 40.1 Å². The number of fused-ring (bicyclic) bond motifs is 1. The zero-order valence-electron chi connectivity index (χ0n) is 25.7. The standard InChI is InChI=1S/C34H35ClF2N2O7/c1-33(2,3)46-32(41)39-19-34(21-9-5-4-6-10-21)31(40)27-24(45-34)17-22(36)29(35)28(27)26-20(18-38)12-13-23(30(26)37)42-15-16-44-25-11-7-8-14-43-25/h4-6,9-10,12-13,17,25,31,40H,7-8,11,14-16,19H2,1-3H3,(H,39,41). The van der Waals surface area contributed by atoms with Crippen LogP contribution in [0.4, 0.5) is 13.6 Å². The van der Waals surface area contributed by atoms with Gasteiger partial charge in [-0.25, -0.2) is 13.6 Å². The van der Waals surface area contributed by atoms with Gasteiger partial charge < -0.3 is 34.1 Å². The summed E-state index contributed by atoms with van der Waals surface area (Å²) in [6.45, 7) is 5.47. The van der Waals surface area contributed by atoms with Crippen LogP contribution < -0.4 is 14.8 Å². The molecule has 0 aliphatic carbocycles. The van der Waals surface area contributed by atoms with E-state index in [4.69, 9.17) is 35.3 Å². The number of hydrogen-bond acceptors (Lipinski definition) is 8. The Bertz CT molecular complexity index is 1620. The van der Waals surface area contributed by atoms with E-state index in [0.717, 1.165) is 25.3 Å². The number of benzene rings is 3. The summed E-state index contributed by atoms with van der Waals surface area (Å²) in [5.74, 6) is -2.33. The summed E-state index contributed by atoms with van der Waals surface area (Å²) in [4.78, 5) is 12.7. The second-order valence-corrected chi connectivity index (χ2v) is 12.4. The van der Waals surface area contributed by atoms with Gasteiger partial charge in [0.1, 0.15) is 29.9 Å². The molecule has 0 spiro atoms. The monoisotopic (exact) mass is 656 g/mol. The lowest BCUT2D eigenvalue weighted by atomic mass is 9.83. The highest BCUT2D eigenvalue weighted by Crippen LogP contribution is 2.55. The van der Waals surface area contributed by atoms with Crippen LogP contribution in [0.5, 0.6) is 11.5 Å². The lowest BCUT2D eigenvalue weighted by Crippen LogP contribution is -2.47. The van der Waals surface area contributed by atoms with Gasteiger partial charge in [-0.3, -0.25) is 0 Å². The van der Waals surface area contributed by atoms with Gasteiger partial charge in [-0.15, -0.1) is 0 Å². The van der Waals surface area contributed by atoms with Crippen LogP contribution in [0.25, 0.3) is 11.1 Å². The second-order valence-electron chi connectivity index (χ2n) is 12.0. The van der Waals surface area contributed by atoms with Gasteiger partial charge >= 0.3 is 6.09 Å². The number of halogens is 3. The summed E-state index contributed by atoms with van der Waals surface area (Å²) >= 11 is 6.50. The van der Waals surface area contributed by atoms with Crippen LogP contribution in [0.3, 0.4) is 0 Å². The molecule has 2 N–H and O–H groups in total. The number of rotatable bonds is 9. The van der Waals surface area contributed by atoms with Gasteiger partial charge in [0, 0.05) is 34.9 Å². The number of aliphatic hydroxyl groups excluding tert-OH is 1. The lowest BCUT2D eigenvalue weighted by molar-refractivity contribution is -0.165. The lowest BCUT2D eigenvalue weighted by Gasteiger charge is -2.33. The van der Waals surface area contributed by atoms with E-state index in [0.29, 0.717) is 12.2 Å². The topological polar surface area (TPSA) is 119 Å². The first-order chi connectivity index (χ1) is 21.9. The zero-order valence-corrected chi connectivity index (χ0v) is 26.5. The molecule has 0 bridgehead atoms. The van der Waals surface area contributed by atoms with Crippen LogP contribution in [0.1, 0.15) is 62.8 Å². The molecule has 1 fully saturated rings. The minimum absolute atomic E-state index is 0.0314. The van der Waals surface area contributed by atoms with Crippen LogP contribution in [-0.2, 0) is 19.8 Å². The number of nitrogens with zero attached hydrogens (tertiary/aromatic N) is 1. The molecule has 1 amide bonds. The number of nitrogens with one attached hydrogen (secondary N) is 1. The van der Waals surface area contributed by atoms with Crippen molar-refractivity contribution in [1.82, 2.24) is 5.32 Å². The second kappa shape index (κ2) is 13.8. The van der Waals surface area contributed by atoms with Gasteiger partial charge in [0.25, 0.3) is 0 Å². The molecule has 9 nitrogen and oxygen atoms in total. The molecule has 0 radical (unpaired) electrons. The van der Waals surface area contributed by atoms with E-state index >= 15 is 8.78 Å². The Hall–Kier alpha value is -3.95. The molecule has 3 atom stereocenters. The molecule has 2 heterocycles. The Morgan fingerprint density at radius 1 is 1.15 bits per heavy atom. The largest absolute Gasteiger partial charge is 0.488 e. The summed E-state index contributed by atoms with van der Waals surface area (Å²) < 4.78 is 60.3. The average Bonchev–Trinajstić information content (AvgIpc) is 3.31. The Balaban J connectivity index is 1.53. The predicted octanol–water partition coefficient (Wildman–Crippen LogP) is 6.92. The Morgan fingerprint density at radius 2 is 1.91 bits per heavy atom. The number of ether oxygens (including phenoxy) is 5. The van der Waals surface area contributed by atoms with Crippen LogP contribution in [-0.4, -0.2) is 49.5 Å². The maximum Gasteiger partial charge on any atom is 0.407 e. The van der Waals surface area contributed by atoms with Gasteiger partial charge in [-0.2, -0.15) is 5.26 Å². The van der Waals surface area contributed by atoms with Crippen LogP contribution in [0, 0.1) is 23.0 Å². The van der Waals surface area contributed by atoms with Crippen molar-refractivity contribution < 1.29 is 42.4 Å². The molecule has 46 heavy (non-hydrogen) atoms. The summed E-state index contributed by atoms with van der Waals surface area (Å²) in [6, 6.07) is 14.0. The average molecular weight is 657 g/mol. The quantitative estimate of drug-likeness (QED) is 0.238. The summed E-state index contributed by atoms with van der Waals surface area (Å²) in [5.41, 5.74) is -2.97. The van der Waals surface area contributed by atoms with Gasteiger partial charge in [0.15, 0.2) is 23.5 Å². The third kappa shape index (κ3) is 6.90. The van der Waals surface area contributed by atoms with E-state index in [-0.39, 0.29) is 59.8 Å². The molecule has 244 valence electrons.